The highest BCUT2D eigenvalue weighted by molar-refractivity contribution is 7.75. The lowest BCUT2D eigenvalue weighted by atomic mass is 9.13. The quantitative estimate of drug-likeness (QED) is 0.0556. The van der Waals surface area contributed by atoms with Crippen molar-refractivity contribution >= 4 is 35.3 Å². The molecule has 0 bridgehead atoms. The smallest absolute Gasteiger partial charge is 0.108 e. The van der Waals surface area contributed by atoms with E-state index in [1.807, 2.05) is 0 Å². The first-order chi connectivity index (χ1) is 22.1. The van der Waals surface area contributed by atoms with Crippen LogP contribution in [0.15, 0.2) is 121 Å². The van der Waals surface area contributed by atoms with Crippen molar-refractivity contribution < 1.29 is 0 Å². The van der Waals surface area contributed by atoms with E-state index in [1.165, 1.54) is 98.9 Å². The van der Waals surface area contributed by atoms with Crippen LogP contribution in [0, 0.1) is 0 Å². The molecule has 0 radical (unpaired) electrons. The fourth-order valence-electron chi connectivity index (χ4n) is 7.22. The number of hydrogen-bond donors (Lipinski definition) is 0. The second-order valence-electron chi connectivity index (χ2n) is 13.5. The summed E-state index contributed by atoms with van der Waals surface area (Å²) in [6, 6.07) is 43.5. The molecule has 0 heterocycles. The molecule has 0 amide bonds. The Morgan fingerprint density at radius 3 is 0.822 bits per heavy atom. The van der Waals surface area contributed by atoms with Gasteiger partial charge in [-0.05, 0) is 38.5 Å². The zero-order chi connectivity index (χ0) is 32.1. The van der Waals surface area contributed by atoms with Gasteiger partial charge in [0.15, 0.2) is 0 Å². The van der Waals surface area contributed by atoms with Gasteiger partial charge >= 0.3 is 0 Å². The summed E-state index contributed by atoms with van der Waals surface area (Å²) in [6.45, 7) is 9.66. The summed E-state index contributed by atoms with van der Waals surface area (Å²) in [5, 5.41) is 0. The fourth-order valence-corrected chi connectivity index (χ4v) is 10.8. The first-order valence-electron chi connectivity index (χ1n) is 18.3. The maximum atomic E-state index is 2.69. The number of rotatable bonds is 19. The molecule has 4 aromatic carbocycles. The molecule has 0 aromatic heterocycles. The topological polar surface area (TPSA) is 0 Å². The number of unbranched alkanes of at least 4 members (excludes halogenated alkanes) is 9. The summed E-state index contributed by atoms with van der Waals surface area (Å²) >= 11 is 0. The molecule has 0 aliphatic rings. The highest BCUT2D eigenvalue weighted by Gasteiger charge is 2.31. The zero-order valence-electron chi connectivity index (χ0n) is 29.2. The van der Waals surface area contributed by atoms with Crippen molar-refractivity contribution in [3.8, 4) is 0 Å². The van der Waals surface area contributed by atoms with E-state index in [1.54, 1.807) is 18.5 Å². The second kappa shape index (κ2) is 21.2. The molecule has 0 nitrogen and oxygen atoms in total. The maximum absolute atomic E-state index is 2.69. The lowest BCUT2D eigenvalue weighted by Gasteiger charge is -2.44. The monoisotopic (exact) mass is 620 g/mol. The largest absolute Gasteiger partial charge is 0.195 e. The molecule has 0 saturated heterocycles. The van der Waals surface area contributed by atoms with E-state index in [4.69, 9.17) is 0 Å². The Bertz CT molecular complexity index is 1060. The van der Waals surface area contributed by atoms with Gasteiger partial charge in [-0.2, -0.15) is 21.9 Å². The summed E-state index contributed by atoms with van der Waals surface area (Å²) in [7, 11) is -0.590. The molecule has 0 aliphatic carbocycles. The van der Waals surface area contributed by atoms with Gasteiger partial charge in [-0.25, -0.2) is 0 Å². The van der Waals surface area contributed by atoms with Gasteiger partial charge in [0.1, 0.15) is 6.15 Å². The van der Waals surface area contributed by atoms with E-state index in [9.17, 15) is 0 Å². The average Bonchev–Trinajstić information content (AvgIpc) is 3.10. The minimum atomic E-state index is -1.22. The van der Waals surface area contributed by atoms with E-state index >= 15 is 0 Å². The van der Waals surface area contributed by atoms with Crippen LogP contribution in [-0.2, 0) is 0 Å². The van der Waals surface area contributed by atoms with Crippen LogP contribution in [0.4, 0.5) is 0 Å². The van der Waals surface area contributed by atoms with Crippen LogP contribution in [0.2, 0.25) is 0 Å². The van der Waals surface area contributed by atoms with Gasteiger partial charge in [0, 0.05) is 13.9 Å². The highest BCUT2D eigenvalue weighted by atomic mass is 31.2. The first kappa shape index (κ1) is 36.8. The molecule has 0 saturated carbocycles. The summed E-state index contributed by atoms with van der Waals surface area (Å²) in [5.74, 6) is 0. The van der Waals surface area contributed by atoms with Crippen LogP contribution in [0.3, 0.4) is 0 Å². The molecule has 4 aromatic rings. The third-order valence-corrected chi connectivity index (χ3v) is 14.0. The lowest BCUT2D eigenvalue weighted by Crippen LogP contribution is -2.74. The summed E-state index contributed by atoms with van der Waals surface area (Å²) in [4.78, 5) is 0. The Morgan fingerprint density at radius 1 is 0.356 bits per heavy atom. The summed E-state index contributed by atoms with van der Waals surface area (Å²) in [6.07, 6.45) is 21.0. The van der Waals surface area contributed by atoms with Gasteiger partial charge in [0.25, 0.3) is 0 Å². The molecule has 0 N–H and O–H groups in total. The maximum Gasteiger partial charge on any atom is 0.108 e. The van der Waals surface area contributed by atoms with Crippen molar-refractivity contribution in [1.29, 1.82) is 0 Å². The van der Waals surface area contributed by atoms with E-state index in [2.05, 4.69) is 149 Å². The van der Waals surface area contributed by atoms with Gasteiger partial charge in [-0.3, -0.25) is 0 Å². The van der Waals surface area contributed by atoms with Crippen molar-refractivity contribution in [2.75, 3.05) is 25.2 Å². The zero-order valence-corrected chi connectivity index (χ0v) is 30.1. The van der Waals surface area contributed by atoms with Crippen LogP contribution in [0.1, 0.15) is 97.8 Å². The summed E-state index contributed by atoms with van der Waals surface area (Å²) in [5.41, 5.74) is 5.36. The fraction of sp³-hybridized carbons (Fsp3) is 0.442. The third-order valence-electron chi connectivity index (χ3n) is 9.85. The van der Waals surface area contributed by atoms with Crippen LogP contribution < -0.4 is 21.9 Å². The Balaban J connectivity index is 0.000000254. The summed E-state index contributed by atoms with van der Waals surface area (Å²) < 4.78 is 0. The molecule has 0 fully saturated rings. The van der Waals surface area contributed by atoms with Crippen LogP contribution in [-0.4, -0.2) is 31.3 Å². The minimum absolute atomic E-state index is 0.590. The van der Waals surface area contributed by atoms with E-state index in [0.29, 0.717) is 0 Å². The Kier molecular flexibility index (Phi) is 17.4. The first-order valence-corrected chi connectivity index (χ1v) is 21.1. The molecule has 45 heavy (non-hydrogen) atoms. The lowest BCUT2D eigenvalue weighted by molar-refractivity contribution is 0.684. The molecule has 2 heteroatoms. The van der Waals surface area contributed by atoms with Gasteiger partial charge in [-0.15, -0.1) is 0 Å². The molecule has 0 aliphatic heterocycles. The third kappa shape index (κ3) is 11.6. The number of hydrogen-bond acceptors (Lipinski definition) is 0. The van der Waals surface area contributed by atoms with E-state index < -0.39 is 13.4 Å². The molecule has 242 valence electrons. The Labute approximate surface area is 278 Å². The van der Waals surface area contributed by atoms with Crippen LogP contribution >= 0.6 is 7.26 Å². The van der Waals surface area contributed by atoms with E-state index in [-0.39, 0.29) is 0 Å². The molecular weight excluding hydrogens is 558 g/mol. The Morgan fingerprint density at radius 2 is 0.600 bits per heavy atom. The van der Waals surface area contributed by atoms with Crippen molar-refractivity contribution in [2.24, 2.45) is 0 Å². The second-order valence-corrected chi connectivity index (χ2v) is 18.1. The van der Waals surface area contributed by atoms with Crippen LogP contribution in [0.5, 0.6) is 0 Å². The normalized spacial score (nSPS) is 11.6. The average molecular weight is 621 g/mol. The van der Waals surface area contributed by atoms with Gasteiger partial charge in [0.2, 0.25) is 0 Å². The highest BCUT2D eigenvalue weighted by Crippen LogP contribution is 2.57. The van der Waals surface area contributed by atoms with Gasteiger partial charge in [0.05, 0.1) is 18.5 Å². The molecule has 0 atom stereocenters. The molecule has 0 spiro atoms. The molecule has 0 unspecified atom stereocenters. The predicted molar refractivity (Wildman–Crippen MR) is 210 cm³/mol. The van der Waals surface area contributed by atoms with Gasteiger partial charge < -0.3 is 0 Å². The number of benzene rings is 4. The van der Waals surface area contributed by atoms with Crippen molar-refractivity contribution in [2.45, 2.75) is 97.8 Å². The minimum Gasteiger partial charge on any atom is -0.195 e. The molecular formula is C43H62BP. The van der Waals surface area contributed by atoms with Crippen molar-refractivity contribution in [1.82, 2.24) is 0 Å². The Hall–Kier alpha value is -2.63. The predicted octanol–water partition coefficient (Wildman–Crippen LogP) is 10.4. The SMILES string of the molecule is CCCCCC[P+](C)(CCCCCC)CCCCCC.c1ccc([B-](c2ccccc2)(c2ccccc2)c2ccccc2)cc1. The molecule has 4 rings (SSSR count). The van der Waals surface area contributed by atoms with E-state index in [0.717, 1.165) is 0 Å². The van der Waals surface area contributed by atoms with Crippen LogP contribution in [0.25, 0.3) is 0 Å². The van der Waals surface area contributed by atoms with Gasteiger partial charge in [-0.1, -0.05) is 181 Å². The van der Waals surface area contributed by atoms with Crippen molar-refractivity contribution in [3.05, 3.63) is 121 Å². The standard InChI is InChI=1S/C24H20B.C19H42P/c1-5-13-21(14-6-1)25(22-15-7-2-8-16-22,23-17-9-3-10-18-23)24-19-11-4-12-20-24;1-5-8-11-14-17-20(4,18-15-12-9-6-2)19-16-13-10-7-3/h1-20H;5-19H2,1-4H3/q-1;+1. The van der Waals surface area contributed by atoms with Crippen molar-refractivity contribution in [3.63, 3.8) is 0 Å².